The van der Waals surface area contributed by atoms with E-state index in [1.165, 1.54) is 6.92 Å². The summed E-state index contributed by atoms with van der Waals surface area (Å²) in [6, 6.07) is 5.80. The second kappa shape index (κ2) is 6.91. The van der Waals surface area contributed by atoms with E-state index in [1.807, 2.05) is 58.9 Å². The van der Waals surface area contributed by atoms with Crippen LogP contribution in [0.1, 0.15) is 45.7 Å². The van der Waals surface area contributed by atoms with Crippen LogP contribution in [-0.2, 0) is 14.1 Å². The smallest absolute Gasteiger partial charge is 0.400 e. The van der Waals surface area contributed by atoms with E-state index >= 15 is 0 Å². The van der Waals surface area contributed by atoms with Gasteiger partial charge in [-0.1, -0.05) is 29.8 Å². The summed E-state index contributed by atoms with van der Waals surface area (Å²) in [5.41, 5.74) is 2.00. The lowest BCUT2D eigenvalue weighted by atomic mass is 9.77. The third-order valence-electron chi connectivity index (χ3n) is 4.63. The molecule has 1 saturated heterocycles. The minimum absolute atomic E-state index is 0.0929. The molecule has 0 bridgehead atoms. The van der Waals surface area contributed by atoms with Crippen LogP contribution in [0.4, 0.5) is 0 Å². The fourth-order valence-corrected chi connectivity index (χ4v) is 2.51. The van der Waals surface area contributed by atoms with Gasteiger partial charge in [0.05, 0.1) is 11.2 Å². The monoisotopic (exact) mass is 349 g/mol. The third-order valence-corrected chi connectivity index (χ3v) is 5.06. The first-order valence-corrected chi connectivity index (χ1v) is 8.46. The van der Waals surface area contributed by atoms with Crippen molar-refractivity contribution in [2.24, 2.45) is 0 Å². The molecule has 1 N–H and O–H groups in total. The third kappa shape index (κ3) is 4.21. The van der Waals surface area contributed by atoms with Crippen molar-refractivity contribution in [2.45, 2.75) is 52.7 Å². The quantitative estimate of drug-likeness (QED) is 0.841. The molecule has 0 saturated carbocycles. The van der Waals surface area contributed by atoms with Crippen LogP contribution in [0.2, 0.25) is 5.02 Å². The summed E-state index contributed by atoms with van der Waals surface area (Å²) in [6.07, 6.45) is 1.99. The van der Waals surface area contributed by atoms with Gasteiger partial charge in [0.2, 0.25) is 5.91 Å². The standard InChI is InChI=1S/C18H25BClNO3/c1-12-9-14(7-8-16(12)20)10-15(11-21-13(2)22)19-23-17(3,4)18(5,6)24-19/h7-10H,11H2,1-6H3,(H,21,22). The predicted molar refractivity (Wildman–Crippen MR) is 98.9 cm³/mol. The molecule has 1 aliphatic rings. The highest BCUT2D eigenvalue weighted by molar-refractivity contribution is 6.56. The summed E-state index contributed by atoms with van der Waals surface area (Å²) in [5.74, 6) is -0.0929. The number of rotatable bonds is 4. The first-order chi connectivity index (χ1) is 11.0. The van der Waals surface area contributed by atoms with Gasteiger partial charge in [0.25, 0.3) is 0 Å². The average Bonchev–Trinajstić information content (AvgIpc) is 2.67. The summed E-state index contributed by atoms with van der Waals surface area (Å²) >= 11 is 6.09. The van der Waals surface area contributed by atoms with E-state index in [1.54, 1.807) is 0 Å². The molecule has 2 rings (SSSR count). The molecule has 0 spiro atoms. The molecule has 0 atom stereocenters. The molecule has 0 aromatic heterocycles. The van der Waals surface area contributed by atoms with Gasteiger partial charge in [0, 0.05) is 18.5 Å². The van der Waals surface area contributed by atoms with Crippen LogP contribution in [0.3, 0.4) is 0 Å². The number of halogens is 1. The molecular weight excluding hydrogens is 324 g/mol. The predicted octanol–water partition coefficient (Wildman–Crippen LogP) is 3.80. The number of amides is 1. The second-order valence-electron chi connectivity index (χ2n) is 7.23. The molecule has 24 heavy (non-hydrogen) atoms. The zero-order valence-corrected chi connectivity index (χ0v) is 16.0. The number of benzene rings is 1. The zero-order valence-electron chi connectivity index (χ0n) is 15.2. The number of carbonyl (C=O) groups is 1. The molecule has 1 fully saturated rings. The molecule has 1 amide bonds. The maximum absolute atomic E-state index is 11.3. The Morgan fingerprint density at radius 2 is 1.83 bits per heavy atom. The molecule has 0 aliphatic carbocycles. The van der Waals surface area contributed by atoms with Crippen LogP contribution in [0, 0.1) is 6.92 Å². The fraction of sp³-hybridized carbons (Fsp3) is 0.500. The number of aryl methyl sites for hydroxylation is 1. The van der Waals surface area contributed by atoms with E-state index in [2.05, 4.69) is 5.32 Å². The van der Waals surface area contributed by atoms with Crippen molar-refractivity contribution in [3.05, 3.63) is 39.8 Å². The zero-order chi connectivity index (χ0) is 18.1. The van der Waals surface area contributed by atoms with Crippen LogP contribution in [0.5, 0.6) is 0 Å². The molecule has 1 aliphatic heterocycles. The minimum Gasteiger partial charge on any atom is -0.400 e. The van der Waals surface area contributed by atoms with Gasteiger partial charge in [-0.25, -0.2) is 0 Å². The van der Waals surface area contributed by atoms with Gasteiger partial charge in [-0.3, -0.25) is 4.79 Å². The van der Waals surface area contributed by atoms with E-state index in [0.717, 1.165) is 21.6 Å². The van der Waals surface area contributed by atoms with Gasteiger partial charge in [-0.15, -0.1) is 0 Å². The Kier molecular flexibility index (Phi) is 5.48. The van der Waals surface area contributed by atoms with Crippen molar-refractivity contribution in [1.29, 1.82) is 0 Å². The van der Waals surface area contributed by atoms with Gasteiger partial charge in [0.15, 0.2) is 0 Å². The van der Waals surface area contributed by atoms with Crippen LogP contribution >= 0.6 is 11.6 Å². The van der Waals surface area contributed by atoms with Gasteiger partial charge in [-0.2, -0.15) is 0 Å². The Labute approximate surface area is 149 Å². The highest BCUT2D eigenvalue weighted by Gasteiger charge is 2.52. The van der Waals surface area contributed by atoms with Gasteiger partial charge >= 0.3 is 7.12 Å². The van der Waals surface area contributed by atoms with Gasteiger partial charge in [0.1, 0.15) is 0 Å². The van der Waals surface area contributed by atoms with Crippen molar-refractivity contribution < 1.29 is 14.1 Å². The van der Waals surface area contributed by atoms with Crippen molar-refractivity contribution >= 4 is 30.7 Å². The molecule has 130 valence electrons. The minimum atomic E-state index is -0.502. The fourth-order valence-electron chi connectivity index (χ4n) is 2.40. The van der Waals surface area contributed by atoms with E-state index in [9.17, 15) is 4.79 Å². The summed E-state index contributed by atoms with van der Waals surface area (Å²) < 4.78 is 12.2. The Hall–Kier alpha value is -1.30. The van der Waals surface area contributed by atoms with Crippen LogP contribution in [-0.4, -0.2) is 30.8 Å². The van der Waals surface area contributed by atoms with E-state index in [0.29, 0.717) is 6.54 Å². The Bertz CT molecular complexity index is 654. The van der Waals surface area contributed by atoms with Crippen molar-refractivity contribution in [3.8, 4) is 0 Å². The molecule has 1 aromatic carbocycles. The SMILES string of the molecule is CC(=O)NCC(=Cc1ccc(Cl)c(C)c1)B1OC(C)(C)C(C)(C)O1. The van der Waals surface area contributed by atoms with Gasteiger partial charge < -0.3 is 14.6 Å². The maximum atomic E-state index is 11.3. The molecule has 4 nitrogen and oxygen atoms in total. The molecule has 0 radical (unpaired) electrons. The molecule has 6 heteroatoms. The number of hydrogen-bond donors (Lipinski definition) is 1. The van der Waals surface area contributed by atoms with Crippen molar-refractivity contribution in [2.75, 3.05) is 6.54 Å². The maximum Gasteiger partial charge on any atom is 0.492 e. The van der Waals surface area contributed by atoms with Crippen molar-refractivity contribution in [1.82, 2.24) is 5.32 Å². The number of hydrogen-bond acceptors (Lipinski definition) is 3. The summed E-state index contributed by atoms with van der Waals surface area (Å²) in [4.78, 5) is 11.3. The topological polar surface area (TPSA) is 47.6 Å². The normalized spacial score (nSPS) is 19.5. The van der Waals surface area contributed by atoms with Crippen molar-refractivity contribution in [3.63, 3.8) is 0 Å². The molecular formula is C18H25BClNO3. The van der Waals surface area contributed by atoms with Crippen LogP contribution < -0.4 is 5.32 Å². The van der Waals surface area contributed by atoms with E-state index < -0.39 is 18.3 Å². The van der Waals surface area contributed by atoms with Gasteiger partial charge in [-0.05, 0) is 57.3 Å². The summed E-state index contributed by atoms with van der Waals surface area (Å²) in [7, 11) is -0.502. The lowest BCUT2D eigenvalue weighted by molar-refractivity contribution is -0.118. The molecule has 1 aromatic rings. The van der Waals surface area contributed by atoms with E-state index in [-0.39, 0.29) is 5.91 Å². The second-order valence-corrected chi connectivity index (χ2v) is 7.63. The average molecular weight is 350 g/mol. The highest BCUT2D eigenvalue weighted by Crippen LogP contribution is 2.38. The number of carbonyl (C=O) groups excluding carboxylic acids is 1. The number of nitrogens with one attached hydrogen (secondary N) is 1. The highest BCUT2D eigenvalue weighted by atomic mass is 35.5. The largest absolute Gasteiger partial charge is 0.492 e. The lowest BCUT2D eigenvalue weighted by Gasteiger charge is -2.32. The summed E-state index contributed by atoms with van der Waals surface area (Å²) in [6.45, 7) is 11.9. The first-order valence-electron chi connectivity index (χ1n) is 8.08. The molecule has 0 unspecified atom stereocenters. The lowest BCUT2D eigenvalue weighted by Crippen LogP contribution is -2.41. The van der Waals surface area contributed by atoms with Crippen LogP contribution in [0.25, 0.3) is 6.08 Å². The Morgan fingerprint density at radius 1 is 1.25 bits per heavy atom. The van der Waals surface area contributed by atoms with E-state index in [4.69, 9.17) is 20.9 Å². The first kappa shape index (κ1) is 19.0. The Morgan fingerprint density at radius 3 is 2.33 bits per heavy atom. The van der Waals surface area contributed by atoms with Crippen LogP contribution in [0.15, 0.2) is 23.7 Å². The molecule has 1 heterocycles. The summed E-state index contributed by atoms with van der Waals surface area (Å²) in [5, 5.41) is 3.56. The Balaban J connectivity index is 2.33.